The van der Waals surface area contributed by atoms with E-state index in [0.29, 0.717) is 5.56 Å². The molecule has 1 aliphatic heterocycles. The molecular weight excluding hydrogens is 275 g/mol. The van der Waals surface area contributed by atoms with E-state index in [0.717, 1.165) is 17.0 Å². The fourth-order valence-electron chi connectivity index (χ4n) is 1.70. The van der Waals surface area contributed by atoms with E-state index in [4.69, 9.17) is 0 Å². The zero-order chi connectivity index (χ0) is 14.8. The number of carbonyl (C=O) groups is 2. The van der Waals surface area contributed by atoms with Gasteiger partial charge in [0.1, 0.15) is 5.75 Å². The number of rotatable bonds is 3. The fraction of sp³-hybridized carbons (Fsp3) is 0.231. The molecular formula is C13H10F3NO3. The quantitative estimate of drug-likeness (QED) is 0.802. The maximum absolute atomic E-state index is 12.0. The summed E-state index contributed by atoms with van der Waals surface area (Å²) in [7, 11) is 0. The largest absolute Gasteiger partial charge is 0.573 e. The first-order chi connectivity index (χ1) is 9.35. The molecule has 0 saturated carbocycles. The molecule has 0 radical (unpaired) electrons. The maximum Gasteiger partial charge on any atom is 0.573 e. The van der Waals surface area contributed by atoms with Crippen LogP contribution in [0, 0.1) is 0 Å². The lowest BCUT2D eigenvalue weighted by Gasteiger charge is -2.09. The van der Waals surface area contributed by atoms with E-state index in [-0.39, 0.29) is 30.4 Å². The van der Waals surface area contributed by atoms with Gasteiger partial charge in [-0.05, 0) is 23.8 Å². The van der Waals surface area contributed by atoms with Gasteiger partial charge in [-0.3, -0.25) is 14.5 Å². The number of ether oxygens (including phenoxy) is 1. The van der Waals surface area contributed by atoms with E-state index in [1.165, 1.54) is 24.4 Å². The minimum Gasteiger partial charge on any atom is -0.406 e. The highest BCUT2D eigenvalue weighted by Crippen LogP contribution is 2.23. The lowest BCUT2D eigenvalue weighted by Crippen LogP contribution is -2.22. The van der Waals surface area contributed by atoms with Gasteiger partial charge in [0.15, 0.2) is 0 Å². The molecule has 1 aliphatic rings. The molecule has 0 unspecified atom stereocenters. The summed E-state index contributed by atoms with van der Waals surface area (Å²) in [6.45, 7) is 0. The Morgan fingerprint density at radius 2 is 1.60 bits per heavy atom. The molecule has 2 rings (SSSR count). The number of imide groups is 1. The van der Waals surface area contributed by atoms with Crippen LogP contribution >= 0.6 is 0 Å². The van der Waals surface area contributed by atoms with E-state index in [1.54, 1.807) is 0 Å². The Labute approximate surface area is 112 Å². The summed E-state index contributed by atoms with van der Waals surface area (Å²) in [6.07, 6.45) is -1.58. The van der Waals surface area contributed by atoms with Gasteiger partial charge >= 0.3 is 6.36 Å². The standard InChI is InChI=1S/C13H10F3NO3/c14-13(15,16)20-10-3-1-9(2-4-10)7-8-17-11(18)5-6-12(17)19/h1-4,7-8H,5-6H2/b8-7+. The second kappa shape index (κ2) is 5.36. The molecule has 106 valence electrons. The van der Waals surface area contributed by atoms with Crippen LogP contribution in [0.15, 0.2) is 30.5 Å². The zero-order valence-corrected chi connectivity index (χ0v) is 10.2. The lowest BCUT2D eigenvalue weighted by molar-refractivity contribution is -0.274. The molecule has 1 heterocycles. The Bertz CT molecular complexity index is 533. The van der Waals surface area contributed by atoms with Crippen LogP contribution in [0.25, 0.3) is 6.08 Å². The normalized spacial score (nSPS) is 16.2. The third-order valence-corrected chi connectivity index (χ3v) is 2.62. The molecule has 7 heteroatoms. The maximum atomic E-state index is 12.0. The van der Waals surface area contributed by atoms with Crippen molar-refractivity contribution in [3.8, 4) is 5.75 Å². The van der Waals surface area contributed by atoms with Crippen molar-refractivity contribution in [1.29, 1.82) is 0 Å². The van der Waals surface area contributed by atoms with Gasteiger partial charge in [-0.15, -0.1) is 13.2 Å². The van der Waals surface area contributed by atoms with Crippen molar-refractivity contribution in [2.45, 2.75) is 19.2 Å². The molecule has 20 heavy (non-hydrogen) atoms. The summed E-state index contributed by atoms with van der Waals surface area (Å²) in [4.78, 5) is 23.7. The van der Waals surface area contributed by atoms with Gasteiger partial charge in [-0.25, -0.2) is 0 Å². The van der Waals surface area contributed by atoms with Crippen LogP contribution in [-0.4, -0.2) is 23.1 Å². The van der Waals surface area contributed by atoms with E-state index in [2.05, 4.69) is 4.74 Å². The first kappa shape index (κ1) is 14.1. The summed E-state index contributed by atoms with van der Waals surface area (Å²) >= 11 is 0. The van der Waals surface area contributed by atoms with Crippen LogP contribution in [-0.2, 0) is 9.59 Å². The zero-order valence-electron chi connectivity index (χ0n) is 10.2. The van der Waals surface area contributed by atoms with Crippen molar-refractivity contribution >= 4 is 17.9 Å². The van der Waals surface area contributed by atoms with E-state index in [1.807, 2.05) is 0 Å². The van der Waals surface area contributed by atoms with Gasteiger partial charge < -0.3 is 4.74 Å². The summed E-state index contributed by atoms with van der Waals surface area (Å²) in [5, 5.41) is 0. The predicted molar refractivity (Wildman–Crippen MR) is 63.2 cm³/mol. The number of carbonyl (C=O) groups excluding carboxylic acids is 2. The molecule has 1 fully saturated rings. The minimum atomic E-state index is -4.73. The molecule has 0 N–H and O–H groups in total. The van der Waals surface area contributed by atoms with E-state index >= 15 is 0 Å². The number of nitrogens with zero attached hydrogens (tertiary/aromatic N) is 1. The highest BCUT2D eigenvalue weighted by Gasteiger charge is 2.31. The molecule has 1 saturated heterocycles. The van der Waals surface area contributed by atoms with Crippen molar-refractivity contribution < 1.29 is 27.5 Å². The number of alkyl halides is 3. The number of hydrogen-bond donors (Lipinski definition) is 0. The number of hydrogen-bond acceptors (Lipinski definition) is 3. The Balaban J connectivity index is 2.04. The predicted octanol–water partition coefficient (Wildman–Crippen LogP) is 2.70. The van der Waals surface area contributed by atoms with Gasteiger partial charge in [0, 0.05) is 19.0 Å². The van der Waals surface area contributed by atoms with Crippen molar-refractivity contribution in [3.63, 3.8) is 0 Å². The monoisotopic (exact) mass is 285 g/mol. The van der Waals surface area contributed by atoms with Crippen LogP contribution in [0.5, 0.6) is 5.75 Å². The lowest BCUT2D eigenvalue weighted by atomic mass is 10.2. The molecule has 2 amide bonds. The van der Waals surface area contributed by atoms with Crippen LogP contribution in [0.4, 0.5) is 13.2 Å². The first-order valence-corrected chi connectivity index (χ1v) is 5.74. The summed E-state index contributed by atoms with van der Waals surface area (Å²) in [6, 6.07) is 5.09. The van der Waals surface area contributed by atoms with Gasteiger partial charge in [0.2, 0.25) is 11.8 Å². The third kappa shape index (κ3) is 3.59. The highest BCUT2D eigenvalue weighted by atomic mass is 19.4. The molecule has 4 nitrogen and oxygen atoms in total. The summed E-state index contributed by atoms with van der Waals surface area (Å²) < 4.78 is 39.6. The average Bonchev–Trinajstić information content (AvgIpc) is 2.67. The molecule has 0 aromatic heterocycles. The topological polar surface area (TPSA) is 46.6 Å². The highest BCUT2D eigenvalue weighted by molar-refractivity contribution is 6.03. The second-order valence-corrected chi connectivity index (χ2v) is 4.09. The first-order valence-electron chi connectivity index (χ1n) is 5.74. The minimum absolute atomic E-state index is 0.182. The van der Waals surface area contributed by atoms with Crippen LogP contribution in [0.1, 0.15) is 18.4 Å². The van der Waals surface area contributed by atoms with Crippen LogP contribution < -0.4 is 4.74 Å². The van der Waals surface area contributed by atoms with Gasteiger partial charge in [-0.2, -0.15) is 0 Å². The van der Waals surface area contributed by atoms with Crippen molar-refractivity contribution in [2.75, 3.05) is 0 Å². The molecule has 0 aliphatic carbocycles. The van der Waals surface area contributed by atoms with Gasteiger partial charge in [0.05, 0.1) is 0 Å². The SMILES string of the molecule is O=C1CCC(=O)N1/C=C/c1ccc(OC(F)(F)F)cc1. The smallest absolute Gasteiger partial charge is 0.406 e. The molecule has 0 atom stereocenters. The van der Waals surface area contributed by atoms with E-state index in [9.17, 15) is 22.8 Å². The molecule has 0 bridgehead atoms. The Morgan fingerprint density at radius 3 is 2.10 bits per heavy atom. The van der Waals surface area contributed by atoms with Crippen molar-refractivity contribution in [1.82, 2.24) is 4.90 Å². The summed E-state index contributed by atoms with van der Waals surface area (Å²) in [5.74, 6) is -0.908. The molecule has 1 aromatic rings. The van der Waals surface area contributed by atoms with Gasteiger partial charge in [0.25, 0.3) is 0 Å². The van der Waals surface area contributed by atoms with Crippen molar-refractivity contribution in [2.24, 2.45) is 0 Å². The van der Waals surface area contributed by atoms with Crippen molar-refractivity contribution in [3.05, 3.63) is 36.0 Å². The van der Waals surface area contributed by atoms with Gasteiger partial charge in [-0.1, -0.05) is 12.1 Å². The van der Waals surface area contributed by atoms with Crippen LogP contribution in [0.2, 0.25) is 0 Å². The Morgan fingerprint density at radius 1 is 1.05 bits per heavy atom. The number of halogens is 3. The molecule has 1 aromatic carbocycles. The summed E-state index contributed by atoms with van der Waals surface area (Å²) in [5.41, 5.74) is 0.548. The fourth-order valence-corrected chi connectivity index (χ4v) is 1.70. The Kier molecular flexibility index (Phi) is 3.78. The third-order valence-electron chi connectivity index (χ3n) is 2.62. The number of benzene rings is 1. The van der Waals surface area contributed by atoms with Crippen LogP contribution in [0.3, 0.4) is 0 Å². The Hall–Kier alpha value is -2.31. The number of amides is 2. The number of likely N-dealkylation sites (tertiary alicyclic amines) is 1. The second-order valence-electron chi connectivity index (χ2n) is 4.09. The van der Waals surface area contributed by atoms with E-state index < -0.39 is 6.36 Å². The average molecular weight is 285 g/mol. The molecule has 0 spiro atoms.